The number of halogens is 1. The molecular weight excluding hydrogens is 465 g/mol. The number of rotatable bonds is 5. The molecule has 0 radical (unpaired) electrons. The van der Waals surface area contributed by atoms with Crippen LogP contribution in [0.1, 0.15) is 12.8 Å². The number of aromatic nitrogens is 1. The van der Waals surface area contributed by atoms with Crippen LogP contribution in [0, 0.1) is 24.1 Å². The summed E-state index contributed by atoms with van der Waals surface area (Å²) in [6.45, 7) is 0.563. The average Bonchev–Trinajstić information content (AvgIpc) is 3.15. The SMILES string of the molecule is C#CCn1c(=NC(=O)C2CCCN(S(=O)(=O)c3ccc(F)cc3)C2)sc2cc(OC)ccc21. The normalized spacial score (nSPS) is 17.7. The zero-order valence-corrected chi connectivity index (χ0v) is 19.5. The van der Waals surface area contributed by atoms with Gasteiger partial charge < -0.3 is 9.30 Å². The first-order chi connectivity index (χ1) is 15.8. The number of thiazole rings is 1. The molecule has 0 aliphatic carbocycles. The zero-order valence-electron chi connectivity index (χ0n) is 17.9. The van der Waals surface area contributed by atoms with Crippen molar-refractivity contribution >= 4 is 37.5 Å². The van der Waals surface area contributed by atoms with Gasteiger partial charge in [-0.2, -0.15) is 9.30 Å². The van der Waals surface area contributed by atoms with Crippen LogP contribution in [-0.2, 0) is 21.4 Å². The second-order valence-electron chi connectivity index (χ2n) is 7.61. The summed E-state index contributed by atoms with van der Waals surface area (Å²) in [6, 6.07) is 10.2. The van der Waals surface area contributed by atoms with Crippen LogP contribution < -0.4 is 9.54 Å². The molecule has 0 spiro atoms. The standard InChI is InChI=1S/C23H22FN3O4S2/c1-3-12-27-20-11-8-18(31-2)14-21(20)32-23(27)25-22(28)16-5-4-13-26(15-16)33(29,30)19-9-6-17(24)7-10-19/h1,6-11,14,16H,4-5,12-13,15H2,2H3. The molecule has 33 heavy (non-hydrogen) atoms. The third-order valence-corrected chi connectivity index (χ3v) is 8.45. The molecule has 4 rings (SSSR count). The molecular formula is C23H22FN3O4S2. The highest BCUT2D eigenvalue weighted by molar-refractivity contribution is 7.89. The van der Waals surface area contributed by atoms with E-state index in [1.807, 2.05) is 18.2 Å². The van der Waals surface area contributed by atoms with E-state index in [0.717, 1.165) is 22.3 Å². The fourth-order valence-corrected chi connectivity index (χ4v) is 6.40. The number of carbonyl (C=O) groups excluding carboxylic acids is 1. The topological polar surface area (TPSA) is 81.0 Å². The molecule has 0 N–H and O–H groups in total. The van der Waals surface area contributed by atoms with Gasteiger partial charge in [0, 0.05) is 13.1 Å². The van der Waals surface area contributed by atoms with Crippen molar-refractivity contribution in [3.05, 3.63) is 53.1 Å². The number of hydrogen-bond donors (Lipinski definition) is 0. The van der Waals surface area contributed by atoms with Gasteiger partial charge in [-0.15, -0.1) is 6.42 Å². The summed E-state index contributed by atoms with van der Waals surface area (Å²) < 4.78 is 48.4. The minimum absolute atomic E-state index is 0.000691. The smallest absolute Gasteiger partial charge is 0.252 e. The van der Waals surface area contributed by atoms with E-state index in [2.05, 4.69) is 10.9 Å². The van der Waals surface area contributed by atoms with Gasteiger partial charge in [-0.25, -0.2) is 12.8 Å². The lowest BCUT2D eigenvalue weighted by atomic mass is 9.99. The van der Waals surface area contributed by atoms with E-state index in [-0.39, 0.29) is 18.0 Å². The Hall–Kier alpha value is -3.00. The van der Waals surface area contributed by atoms with Crippen LogP contribution in [0.3, 0.4) is 0 Å². The molecule has 1 aliphatic rings. The number of nitrogens with zero attached hydrogens (tertiary/aromatic N) is 3. The Balaban J connectivity index is 1.63. The molecule has 1 fully saturated rings. The summed E-state index contributed by atoms with van der Waals surface area (Å²) in [6.07, 6.45) is 6.59. The fraction of sp³-hybridized carbons (Fsp3) is 0.304. The summed E-state index contributed by atoms with van der Waals surface area (Å²) in [5.74, 6) is 1.79. The number of methoxy groups -OCH3 is 1. The summed E-state index contributed by atoms with van der Waals surface area (Å²) in [7, 11) is -2.26. The number of terminal acetylenes is 1. The Labute approximate surface area is 195 Å². The molecule has 1 unspecified atom stereocenters. The van der Waals surface area contributed by atoms with Crippen molar-refractivity contribution in [1.82, 2.24) is 8.87 Å². The molecule has 1 aromatic heterocycles. The van der Waals surface area contributed by atoms with Crippen LogP contribution in [0.4, 0.5) is 4.39 Å². The second kappa shape index (κ2) is 9.47. The van der Waals surface area contributed by atoms with Crippen LogP contribution in [0.5, 0.6) is 5.75 Å². The Morgan fingerprint density at radius 2 is 2.06 bits per heavy atom. The lowest BCUT2D eigenvalue weighted by Crippen LogP contribution is -2.42. The van der Waals surface area contributed by atoms with Gasteiger partial charge in [0.2, 0.25) is 10.0 Å². The molecule has 1 aliphatic heterocycles. The van der Waals surface area contributed by atoms with Crippen LogP contribution in [0.25, 0.3) is 10.2 Å². The van der Waals surface area contributed by atoms with Crippen LogP contribution in [0.15, 0.2) is 52.4 Å². The first-order valence-corrected chi connectivity index (χ1v) is 12.5. The van der Waals surface area contributed by atoms with Gasteiger partial charge >= 0.3 is 0 Å². The van der Waals surface area contributed by atoms with Crippen molar-refractivity contribution in [2.24, 2.45) is 10.9 Å². The van der Waals surface area contributed by atoms with Gasteiger partial charge in [-0.05, 0) is 55.3 Å². The minimum atomic E-state index is -3.83. The first kappa shape index (κ1) is 23.2. The quantitative estimate of drug-likeness (QED) is 0.518. The Morgan fingerprint density at radius 3 is 2.76 bits per heavy atom. The largest absolute Gasteiger partial charge is 0.497 e. The number of fused-ring (bicyclic) bond motifs is 1. The van der Waals surface area contributed by atoms with E-state index in [0.29, 0.717) is 29.9 Å². The van der Waals surface area contributed by atoms with E-state index in [1.54, 1.807) is 11.7 Å². The number of sulfonamides is 1. The van der Waals surface area contributed by atoms with Crippen molar-refractivity contribution in [3.63, 3.8) is 0 Å². The van der Waals surface area contributed by atoms with Crippen molar-refractivity contribution in [1.29, 1.82) is 0 Å². The Bertz CT molecular complexity index is 1400. The molecule has 2 aromatic carbocycles. The number of piperidine rings is 1. The van der Waals surface area contributed by atoms with Gasteiger partial charge in [0.25, 0.3) is 5.91 Å². The number of amides is 1. The minimum Gasteiger partial charge on any atom is -0.497 e. The zero-order chi connectivity index (χ0) is 23.6. The predicted octanol–water partition coefficient (Wildman–Crippen LogP) is 3.01. The third-order valence-electron chi connectivity index (χ3n) is 5.53. The molecule has 172 valence electrons. The molecule has 10 heteroatoms. The van der Waals surface area contributed by atoms with E-state index in [4.69, 9.17) is 11.2 Å². The van der Waals surface area contributed by atoms with Crippen LogP contribution in [0.2, 0.25) is 0 Å². The van der Waals surface area contributed by atoms with E-state index in [1.165, 1.54) is 27.8 Å². The summed E-state index contributed by atoms with van der Waals surface area (Å²) >= 11 is 1.32. The molecule has 1 saturated heterocycles. The maximum absolute atomic E-state index is 13.2. The van der Waals surface area contributed by atoms with Crippen LogP contribution in [-0.4, -0.2) is 43.4 Å². The lowest BCUT2D eigenvalue weighted by Gasteiger charge is -2.30. The monoisotopic (exact) mass is 487 g/mol. The first-order valence-electron chi connectivity index (χ1n) is 10.3. The Morgan fingerprint density at radius 1 is 1.30 bits per heavy atom. The van der Waals surface area contributed by atoms with Gasteiger partial charge in [-0.1, -0.05) is 17.3 Å². The van der Waals surface area contributed by atoms with E-state index < -0.39 is 27.7 Å². The summed E-state index contributed by atoms with van der Waals surface area (Å²) in [5.41, 5.74) is 0.842. The molecule has 3 aromatic rings. The predicted molar refractivity (Wildman–Crippen MR) is 124 cm³/mol. The maximum atomic E-state index is 13.2. The molecule has 7 nitrogen and oxygen atoms in total. The number of carbonyl (C=O) groups is 1. The van der Waals surface area contributed by atoms with E-state index in [9.17, 15) is 17.6 Å². The molecule has 1 amide bonds. The van der Waals surface area contributed by atoms with Crippen molar-refractivity contribution < 1.29 is 22.3 Å². The van der Waals surface area contributed by atoms with E-state index >= 15 is 0 Å². The fourth-order valence-electron chi connectivity index (χ4n) is 3.81. The number of hydrogen-bond acceptors (Lipinski definition) is 5. The number of ether oxygens (including phenoxy) is 1. The van der Waals surface area contributed by atoms with Crippen molar-refractivity contribution in [2.75, 3.05) is 20.2 Å². The van der Waals surface area contributed by atoms with Gasteiger partial charge in [0.05, 0.1) is 34.7 Å². The highest BCUT2D eigenvalue weighted by Crippen LogP contribution is 2.26. The average molecular weight is 488 g/mol. The second-order valence-corrected chi connectivity index (χ2v) is 10.6. The molecule has 2 heterocycles. The summed E-state index contributed by atoms with van der Waals surface area (Å²) in [4.78, 5) is 17.8. The van der Waals surface area contributed by atoms with Gasteiger partial charge in [0.15, 0.2) is 4.80 Å². The lowest BCUT2D eigenvalue weighted by molar-refractivity contribution is -0.122. The Kier molecular flexibility index (Phi) is 6.65. The molecule has 1 atom stereocenters. The molecule has 0 bridgehead atoms. The maximum Gasteiger partial charge on any atom is 0.252 e. The number of benzene rings is 2. The molecule has 0 saturated carbocycles. The summed E-state index contributed by atoms with van der Waals surface area (Å²) in [5, 5.41) is 0. The van der Waals surface area contributed by atoms with Crippen molar-refractivity contribution in [3.8, 4) is 18.1 Å². The van der Waals surface area contributed by atoms with Crippen molar-refractivity contribution in [2.45, 2.75) is 24.3 Å². The van der Waals surface area contributed by atoms with Crippen LogP contribution >= 0.6 is 11.3 Å². The third kappa shape index (κ3) is 4.71. The van der Waals surface area contributed by atoms with Gasteiger partial charge in [-0.3, -0.25) is 4.79 Å². The highest BCUT2D eigenvalue weighted by Gasteiger charge is 2.33. The highest BCUT2D eigenvalue weighted by atomic mass is 32.2. The van der Waals surface area contributed by atoms with Gasteiger partial charge in [0.1, 0.15) is 11.6 Å².